The summed E-state index contributed by atoms with van der Waals surface area (Å²) in [6, 6.07) is 0. The molecule has 0 aliphatic carbocycles. The van der Waals surface area contributed by atoms with Crippen molar-refractivity contribution in [3.05, 3.63) is 11.8 Å². The van der Waals surface area contributed by atoms with Gasteiger partial charge >= 0.3 is 0 Å². The molecule has 0 saturated carbocycles. The first-order valence-electron chi connectivity index (χ1n) is 5.13. The summed E-state index contributed by atoms with van der Waals surface area (Å²) in [5.74, 6) is 0. The fourth-order valence-corrected chi connectivity index (χ4v) is 1.02. The van der Waals surface area contributed by atoms with Gasteiger partial charge in [0.1, 0.15) is 0 Å². The third kappa shape index (κ3) is 7.57. The summed E-state index contributed by atoms with van der Waals surface area (Å²) >= 11 is 0. The lowest BCUT2D eigenvalue weighted by Crippen LogP contribution is -2.12. The highest BCUT2D eigenvalue weighted by molar-refractivity contribution is 5.93. The second-order valence-corrected chi connectivity index (χ2v) is 3.28. The Morgan fingerprint density at radius 2 is 1.92 bits per heavy atom. The van der Waals surface area contributed by atoms with Crippen LogP contribution >= 0.6 is 0 Å². The standard InChI is InChI=1S/C11H22N2/c1-5-7-12-10(3)9-11(4)13-8-6-2/h9,12H,5-8H2,1-4H3/b10-9-,13-11?. The number of rotatable bonds is 6. The average molecular weight is 182 g/mol. The number of nitrogens with one attached hydrogen (secondary N) is 1. The predicted molar refractivity (Wildman–Crippen MR) is 60.3 cm³/mol. The highest BCUT2D eigenvalue weighted by atomic mass is 14.9. The maximum atomic E-state index is 4.39. The zero-order valence-corrected chi connectivity index (χ0v) is 9.35. The summed E-state index contributed by atoms with van der Waals surface area (Å²) < 4.78 is 0. The van der Waals surface area contributed by atoms with E-state index in [1.807, 2.05) is 6.92 Å². The molecular formula is C11H22N2. The Bertz CT molecular complexity index is 181. The van der Waals surface area contributed by atoms with E-state index in [2.05, 4.69) is 37.2 Å². The molecule has 0 aromatic heterocycles. The molecule has 0 radical (unpaired) electrons. The second-order valence-electron chi connectivity index (χ2n) is 3.28. The van der Waals surface area contributed by atoms with Crippen molar-refractivity contribution in [2.45, 2.75) is 40.5 Å². The summed E-state index contributed by atoms with van der Waals surface area (Å²) in [6.45, 7) is 10.4. The summed E-state index contributed by atoms with van der Waals surface area (Å²) in [7, 11) is 0. The molecule has 0 saturated heterocycles. The van der Waals surface area contributed by atoms with Crippen molar-refractivity contribution in [2.24, 2.45) is 4.99 Å². The van der Waals surface area contributed by atoms with Crippen LogP contribution in [0.3, 0.4) is 0 Å². The van der Waals surface area contributed by atoms with Crippen LogP contribution in [0, 0.1) is 0 Å². The van der Waals surface area contributed by atoms with E-state index in [0.29, 0.717) is 0 Å². The zero-order valence-electron chi connectivity index (χ0n) is 9.35. The van der Waals surface area contributed by atoms with E-state index < -0.39 is 0 Å². The SMILES string of the molecule is CCCN=C(C)/C=C(/C)NCCC. The van der Waals surface area contributed by atoms with Crippen molar-refractivity contribution in [1.82, 2.24) is 5.32 Å². The Morgan fingerprint density at radius 3 is 2.46 bits per heavy atom. The smallest absolute Gasteiger partial charge is 0.0389 e. The molecule has 2 nitrogen and oxygen atoms in total. The van der Waals surface area contributed by atoms with Crippen molar-refractivity contribution < 1.29 is 0 Å². The molecular weight excluding hydrogens is 160 g/mol. The molecule has 0 atom stereocenters. The van der Waals surface area contributed by atoms with Gasteiger partial charge < -0.3 is 5.32 Å². The summed E-state index contributed by atoms with van der Waals surface area (Å²) in [5, 5.41) is 3.32. The van der Waals surface area contributed by atoms with Gasteiger partial charge in [0.2, 0.25) is 0 Å². The van der Waals surface area contributed by atoms with Gasteiger partial charge in [0.05, 0.1) is 0 Å². The average Bonchev–Trinajstić information content (AvgIpc) is 2.11. The lowest BCUT2D eigenvalue weighted by atomic mass is 10.3. The van der Waals surface area contributed by atoms with Gasteiger partial charge in [0.15, 0.2) is 0 Å². The molecule has 0 aliphatic rings. The molecule has 2 heteroatoms. The van der Waals surface area contributed by atoms with E-state index in [9.17, 15) is 0 Å². The third-order valence-electron chi connectivity index (χ3n) is 1.66. The summed E-state index contributed by atoms with van der Waals surface area (Å²) in [6.07, 6.45) is 4.38. The van der Waals surface area contributed by atoms with E-state index >= 15 is 0 Å². The van der Waals surface area contributed by atoms with Crippen molar-refractivity contribution in [3.8, 4) is 0 Å². The van der Waals surface area contributed by atoms with Gasteiger partial charge in [-0.05, 0) is 32.8 Å². The van der Waals surface area contributed by atoms with Crippen LogP contribution in [0.5, 0.6) is 0 Å². The fourth-order valence-electron chi connectivity index (χ4n) is 1.02. The van der Waals surface area contributed by atoms with Crippen molar-refractivity contribution >= 4 is 5.71 Å². The van der Waals surface area contributed by atoms with Crippen LogP contribution in [0.2, 0.25) is 0 Å². The van der Waals surface area contributed by atoms with Crippen LogP contribution in [0.4, 0.5) is 0 Å². The Hall–Kier alpha value is -0.790. The number of nitrogens with zero attached hydrogens (tertiary/aromatic N) is 1. The van der Waals surface area contributed by atoms with Gasteiger partial charge in [-0.3, -0.25) is 4.99 Å². The molecule has 0 aromatic carbocycles. The monoisotopic (exact) mass is 182 g/mol. The summed E-state index contributed by atoms with van der Waals surface area (Å²) in [4.78, 5) is 4.39. The Morgan fingerprint density at radius 1 is 1.23 bits per heavy atom. The van der Waals surface area contributed by atoms with Gasteiger partial charge in [-0.15, -0.1) is 0 Å². The highest BCUT2D eigenvalue weighted by Crippen LogP contribution is 1.91. The highest BCUT2D eigenvalue weighted by Gasteiger charge is 1.88. The van der Waals surface area contributed by atoms with E-state index in [-0.39, 0.29) is 0 Å². The molecule has 0 amide bonds. The molecule has 0 bridgehead atoms. The first-order chi connectivity index (χ1) is 6.20. The number of hydrogen-bond acceptors (Lipinski definition) is 2. The van der Waals surface area contributed by atoms with Crippen LogP contribution in [0.15, 0.2) is 16.8 Å². The second kappa shape index (κ2) is 7.84. The van der Waals surface area contributed by atoms with Crippen LogP contribution in [0.25, 0.3) is 0 Å². The zero-order chi connectivity index (χ0) is 10.1. The van der Waals surface area contributed by atoms with Crippen molar-refractivity contribution in [3.63, 3.8) is 0 Å². The quantitative estimate of drug-likeness (QED) is 0.628. The molecule has 0 fully saturated rings. The maximum Gasteiger partial charge on any atom is 0.0389 e. The van der Waals surface area contributed by atoms with Gasteiger partial charge in [-0.1, -0.05) is 13.8 Å². The minimum atomic E-state index is 0.934. The van der Waals surface area contributed by atoms with E-state index in [4.69, 9.17) is 0 Å². The molecule has 0 rings (SSSR count). The first-order valence-corrected chi connectivity index (χ1v) is 5.13. The molecule has 0 aliphatic heterocycles. The largest absolute Gasteiger partial charge is 0.389 e. The van der Waals surface area contributed by atoms with E-state index in [0.717, 1.165) is 31.6 Å². The molecule has 1 N–H and O–H groups in total. The lowest BCUT2D eigenvalue weighted by molar-refractivity contribution is 0.770. The van der Waals surface area contributed by atoms with Crippen LogP contribution < -0.4 is 5.32 Å². The maximum absolute atomic E-state index is 4.39. The molecule has 0 spiro atoms. The van der Waals surface area contributed by atoms with Crippen LogP contribution in [-0.4, -0.2) is 18.8 Å². The molecule has 13 heavy (non-hydrogen) atoms. The predicted octanol–water partition coefficient (Wildman–Crippen LogP) is 2.76. The van der Waals surface area contributed by atoms with Gasteiger partial charge in [-0.25, -0.2) is 0 Å². The fraction of sp³-hybridized carbons (Fsp3) is 0.727. The van der Waals surface area contributed by atoms with Gasteiger partial charge in [-0.2, -0.15) is 0 Å². The van der Waals surface area contributed by atoms with E-state index in [1.54, 1.807) is 0 Å². The Kier molecular flexibility index (Phi) is 7.36. The Labute approximate surface area is 82.1 Å². The first kappa shape index (κ1) is 12.2. The third-order valence-corrected chi connectivity index (χ3v) is 1.66. The van der Waals surface area contributed by atoms with Crippen molar-refractivity contribution in [1.29, 1.82) is 0 Å². The van der Waals surface area contributed by atoms with E-state index in [1.165, 1.54) is 5.70 Å². The normalized spacial score (nSPS) is 13.2. The number of allylic oxidation sites excluding steroid dienone is 2. The lowest BCUT2D eigenvalue weighted by Gasteiger charge is -2.03. The van der Waals surface area contributed by atoms with Gasteiger partial charge in [0, 0.05) is 24.5 Å². The molecule has 76 valence electrons. The van der Waals surface area contributed by atoms with Crippen molar-refractivity contribution in [2.75, 3.05) is 13.1 Å². The topological polar surface area (TPSA) is 24.4 Å². The number of aliphatic imine (C=N–C) groups is 1. The van der Waals surface area contributed by atoms with Gasteiger partial charge in [0.25, 0.3) is 0 Å². The number of hydrogen-bond donors (Lipinski definition) is 1. The van der Waals surface area contributed by atoms with Crippen LogP contribution in [-0.2, 0) is 0 Å². The molecule has 0 heterocycles. The molecule has 0 unspecified atom stereocenters. The molecule has 0 aromatic rings. The Balaban J connectivity index is 3.89. The minimum absolute atomic E-state index is 0.934. The minimum Gasteiger partial charge on any atom is -0.389 e. The van der Waals surface area contributed by atoms with Crippen LogP contribution in [0.1, 0.15) is 40.5 Å². The summed E-state index contributed by atoms with van der Waals surface area (Å²) in [5.41, 5.74) is 2.32.